The van der Waals surface area contributed by atoms with Gasteiger partial charge in [-0.2, -0.15) is 0 Å². The van der Waals surface area contributed by atoms with Gasteiger partial charge in [0.05, 0.1) is 6.42 Å². The molecule has 0 fully saturated rings. The third-order valence-electron chi connectivity index (χ3n) is 2.41. The molecule has 0 spiro atoms. The van der Waals surface area contributed by atoms with Crippen LogP contribution in [0.1, 0.15) is 39.0 Å². The van der Waals surface area contributed by atoms with Gasteiger partial charge in [-0.25, -0.2) is 0 Å². The number of carbonyl (C=O) groups is 2. The molecule has 15 heavy (non-hydrogen) atoms. The van der Waals surface area contributed by atoms with Crippen molar-refractivity contribution >= 4 is 11.9 Å². The fourth-order valence-corrected chi connectivity index (χ4v) is 1.49. The van der Waals surface area contributed by atoms with Gasteiger partial charge in [-0.15, -0.1) is 0 Å². The van der Waals surface area contributed by atoms with Crippen LogP contribution in [-0.4, -0.2) is 28.2 Å². The summed E-state index contributed by atoms with van der Waals surface area (Å²) in [6.07, 6.45) is 3.21. The third kappa shape index (κ3) is 6.06. The largest absolute Gasteiger partial charge is 0.481 e. The van der Waals surface area contributed by atoms with Gasteiger partial charge in [0.2, 0.25) is 0 Å². The molecule has 4 N–H and O–H groups in total. The van der Waals surface area contributed by atoms with E-state index < -0.39 is 23.9 Å². The van der Waals surface area contributed by atoms with Crippen molar-refractivity contribution in [1.29, 1.82) is 0 Å². The van der Waals surface area contributed by atoms with Crippen LogP contribution >= 0.6 is 0 Å². The van der Waals surface area contributed by atoms with Crippen molar-refractivity contribution in [2.24, 2.45) is 11.7 Å². The molecule has 0 aromatic rings. The first-order chi connectivity index (χ1) is 6.99. The Balaban J connectivity index is 4.17. The Kier molecular flexibility index (Phi) is 6.70. The normalized spacial score (nSPS) is 14.5. The van der Waals surface area contributed by atoms with Crippen LogP contribution in [0, 0.1) is 5.92 Å². The van der Waals surface area contributed by atoms with Crippen molar-refractivity contribution in [3.63, 3.8) is 0 Å². The summed E-state index contributed by atoms with van der Waals surface area (Å²) in [5.41, 5.74) is 5.43. The number of carboxylic acids is 2. The number of nitrogens with two attached hydrogens (primary N) is 1. The molecule has 0 aliphatic heterocycles. The average molecular weight is 217 g/mol. The second kappa shape index (κ2) is 7.23. The summed E-state index contributed by atoms with van der Waals surface area (Å²) in [5.74, 6) is -2.59. The zero-order chi connectivity index (χ0) is 11.8. The minimum absolute atomic E-state index is 0.169. The zero-order valence-electron chi connectivity index (χ0n) is 8.98. The summed E-state index contributed by atoms with van der Waals surface area (Å²) in [6, 6.07) is -1.07. The molecular weight excluding hydrogens is 198 g/mol. The third-order valence-corrected chi connectivity index (χ3v) is 2.41. The lowest BCUT2D eigenvalue weighted by atomic mass is 9.91. The van der Waals surface area contributed by atoms with Crippen LogP contribution in [0.3, 0.4) is 0 Å². The number of aliphatic carboxylic acids is 2. The molecule has 0 aliphatic carbocycles. The molecule has 0 bridgehead atoms. The molecule has 0 aliphatic rings. The van der Waals surface area contributed by atoms with Gasteiger partial charge >= 0.3 is 11.9 Å². The highest BCUT2D eigenvalue weighted by Gasteiger charge is 2.25. The first-order valence-electron chi connectivity index (χ1n) is 5.19. The lowest BCUT2D eigenvalue weighted by Crippen LogP contribution is -2.39. The van der Waals surface area contributed by atoms with Gasteiger partial charge in [0.15, 0.2) is 0 Å². The Morgan fingerprint density at radius 2 is 1.87 bits per heavy atom. The molecule has 0 heterocycles. The maximum Gasteiger partial charge on any atom is 0.320 e. The highest BCUT2D eigenvalue weighted by Crippen LogP contribution is 2.17. The molecule has 0 rings (SSSR count). The summed E-state index contributed by atoms with van der Waals surface area (Å²) in [7, 11) is 0. The van der Waals surface area contributed by atoms with Crippen LogP contribution in [0.25, 0.3) is 0 Å². The van der Waals surface area contributed by atoms with E-state index in [0.29, 0.717) is 6.42 Å². The van der Waals surface area contributed by atoms with Crippen molar-refractivity contribution in [3.8, 4) is 0 Å². The average Bonchev–Trinajstić information content (AvgIpc) is 2.14. The Morgan fingerprint density at radius 1 is 1.27 bits per heavy atom. The Morgan fingerprint density at radius 3 is 2.27 bits per heavy atom. The summed E-state index contributed by atoms with van der Waals surface area (Å²) in [6.45, 7) is 2.03. The Labute approximate surface area is 89.3 Å². The lowest BCUT2D eigenvalue weighted by molar-refractivity contribution is -0.142. The number of carboxylic acid groups (broad SMARTS) is 2. The predicted octanol–water partition coefficient (Wildman–Crippen LogP) is 1.07. The monoisotopic (exact) mass is 217 g/mol. The van der Waals surface area contributed by atoms with Crippen molar-refractivity contribution < 1.29 is 19.8 Å². The first-order valence-corrected chi connectivity index (χ1v) is 5.19. The van der Waals surface area contributed by atoms with Crippen molar-refractivity contribution in [2.45, 2.75) is 45.1 Å². The molecule has 5 heteroatoms. The topological polar surface area (TPSA) is 101 Å². The maximum absolute atomic E-state index is 10.6. The molecule has 5 nitrogen and oxygen atoms in total. The fourth-order valence-electron chi connectivity index (χ4n) is 1.49. The van der Waals surface area contributed by atoms with E-state index in [1.165, 1.54) is 0 Å². The number of unbranched alkanes of at least 4 members (excludes halogenated alkanes) is 2. The van der Waals surface area contributed by atoms with E-state index in [1.807, 2.05) is 6.92 Å². The van der Waals surface area contributed by atoms with Crippen LogP contribution < -0.4 is 5.73 Å². The smallest absolute Gasteiger partial charge is 0.320 e. The van der Waals surface area contributed by atoms with E-state index in [4.69, 9.17) is 15.9 Å². The standard InChI is InChI=1S/C10H19NO4/c1-2-3-4-5-7(6-8(12)13)9(11)10(14)15/h7,9H,2-6,11H2,1H3,(H,12,13)(H,14,15). The lowest BCUT2D eigenvalue weighted by Gasteiger charge is -2.18. The van der Waals surface area contributed by atoms with Crippen molar-refractivity contribution in [2.75, 3.05) is 0 Å². The van der Waals surface area contributed by atoms with E-state index in [1.54, 1.807) is 0 Å². The molecule has 0 aromatic carbocycles. The van der Waals surface area contributed by atoms with Gasteiger partial charge < -0.3 is 15.9 Å². The summed E-state index contributed by atoms with van der Waals surface area (Å²) < 4.78 is 0. The van der Waals surface area contributed by atoms with Crippen molar-refractivity contribution in [1.82, 2.24) is 0 Å². The molecule has 0 saturated carbocycles. The number of hydrogen-bond acceptors (Lipinski definition) is 3. The summed E-state index contributed by atoms with van der Waals surface area (Å²) >= 11 is 0. The molecule has 0 aromatic heterocycles. The minimum atomic E-state index is -1.13. The van der Waals surface area contributed by atoms with Gasteiger partial charge in [0.1, 0.15) is 6.04 Å². The number of hydrogen-bond donors (Lipinski definition) is 3. The van der Waals surface area contributed by atoms with Crippen LogP contribution in [0.5, 0.6) is 0 Å². The van der Waals surface area contributed by atoms with Crippen molar-refractivity contribution in [3.05, 3.63) is 0 Å². The summed E-state index contributed by atoms with van der Waals surface area (Å²) in [5, 5.41) is 17.3. The Bertz CT molecular complexity index is 217. The first kappa shape index (κ1) is 13.9. The zero-order valence-corrected chi connectivity index (χ0v) is 8.98. The summed E-state index contributed by atoms with van der Waals surface area (Å²) in [4.78, 5) is 21.2. The minimum Gasteiger partial charge on any atom is -0.481 e. The Hall–Kier alpha value is -1.10. The van der Waals surface area contributed by atoms with Gasteiger partial charge in [-0.05, 0) is 12.3 Å². The van der Waals surface area contributed by atoms with Gasteiger partial charge in [0, 0.05) is 0 Å². The molecule has 0 amide bonds. The highest BCUT2D eigenvalue weighted by molar-refractivity contribution is 5.75. The predicted molar refractivity (Wildman–Crippen MR) is 55.5 cm³/mol. The second-order valence-electron chi connectivity index (χ2n) is 3.72. The fraction of sp³-hybridized carbons (Fsp3) is 0.800. The van der Waals surface area contributed by atoms with E-state index in [2.05, 4.69) is 0 Å². The number of rotatable bonds is 8. The maximum atomic E-state index is 10.6. The van der Waals surface area contributed by atoms with E-state index in [9.17, 15) is 9.59 Å². The van der Waals surface area contributed by atoms with Gasteiger partial charge in [-0.1, -0.05) is 26.2 Å². The molecule has 2 atom stereocenters. The van der Waals surface area contributed by atoms with Crippen LogP contribution in [0.4, 0.5) is 0 Å². The molecular formula is C10H19NO4. The van der Waals surface area contributed by atoms with E-state index >= 15 is 0 Å². The second-order valence-corrected chi connectivity index (χ2v) is 3.72. The van der Waals surface area contributed by atoms with Gasteiger partial charge in [0.25, 0.3) is 0 Å². The molecule has 0 radical (unpaired) electrons. The molecule has 0 saturated heterocycles. The molecule has 2 unspecified atom stereocenters. The van der Waals surface area contributed by atoms with Crippen LogP contribution in [0.2, 0.25) is 0 Å². The quantitative estimate of drug-likeness (QED) is 0.528. The van der Waals surface area contributed by atoms with Crippen LogP contribution in [-0.2, 0) is 9.59 Å². The SMILES string of the molecule is CCCCCC(CC(=O)O)C(N)C(=O)O. The van der Waals surface area contributed by atoms with Gasteiger partial charge in [-0.3, -0.25) is 9.59 Å². The highest BCUT2D eigenvalue weighted by atomic mass is 16.4. The van der Waals surface area contributed by atoms with E-state index in [-0.39, 0.29) is 6.42 Å². The molecule has 88 valence electrons. The van der Waals surface area contributed by atoms with Crippen LogP contribution in [0.15, 0.2) is 0 Å². The van der Waals surface area contributed by atoms with E-state index in [0.717, 1.165) is 19.3 Å².